The van der Waals surface area contributed by atoms with Crippen molar-refractivity contribution in [2.75, 3.05) is 5.32 Å². The molecule has 2 heterocycles. The molecule has 3 rings (SSSR count). The molecular weight excluding hydrogens is 328 g/mol. The predicted molar refractivity (Wildman–Crippen MR) is 95.4 cm³/mol. The van der Waals surface area contributed by atoms with Crippen molar-refractivity contribution in [3.8, 4) is 0 Å². The van der Waals surface area contributed by atoms with E-state index in [0.717, 1.165) is 37.7 Å². The second-order valence-electron chi connectivity index (χ2n) is 5.76. The van der Waals surface area contributed by atoms with Crippen LogP contribution >= 0.6 is 22.7 Å². The van der Waals surface area contributed by atoms with Gasteiger partial charge >= 0.3 is 0 Å². The van der Waals surface area contributed by atoms with Crippen LogP contribution < -0.4 is 11.1 Å². The summed E-state index contributed by atoms with van der Waals surface area (Å²) in [6.07, 6.45) is 6.40. The second-order valence-corrected chi connectivity index (χ2v) is 7.90. The maximum Gasteiger partial charge on any atom is 0.251 e. The Kier molecular flexibility index (Phi) is 5.13. The van der Waals surface area contributed by atoms with Crippen LogP contribution in [0.1, 0.15) is 51.4 Å². The number of carbonyl (C=O) groups is 2. The van der Waals surface area contributed by atoms with Crippen molar-refractivity contribution in [3.63, 3.8) is 0 Å². The van der Waals surface area contributed by atoms with Crippen LogP contribution in [0.3, 0.4) is 0 Å². The maximum atomic E-state index is 12.2. The monoisotopic (exact) mass is 348 g/mol. The summed E-state index contributed by atoms with van der Waals surface area (Å²) in [6.45, 7) is 0. The lowest BCUT2D eigenvalue weighted by atomic mass is 10.1. The highest BCUT2D eigenvalue weighted by Crippen LogP contribution is 2.37. The third-order valence-corrected chi connectivity index (χ3v) is 6.24. The summed E-state index contributed by atoms with van der Waals surface area (Å²) in [4.78, 5) is 26.5. The highest BCUT2D eigenvalue weighted by Gasteiger charge is 2.24. The van der Waals surface area contributed by atoms with Gasteiger partial charge in [-0.1, -0.05) is 12.5 Å². The van der Waals surface area contributed by atoms with Gasteiger partial charge in [0.15, 0.2) is 0 Å². The Bertz CT molecular complexity index is 705. The van der Waals surface area contributed by atoms with Gasteiger partial charge in [0.1, 0.15) is 5.00 Å². The molecule has 23 heavy (non-hydrogen) atoms. The number of aryl methyl sites for hydroxylation is 2. The number of thiophene rings is 2. The molecule has 0 unspecified atom stereocenters. The molecule has 4 nitrogen and oxygen atoms in total. The molecule has 122 valence electrons. The van der Waals surface area contributed by atoms with E-state index < -0.39 is 5.91 Å². The van der Waals surface area contributed by atoms with Gasteiger partial charge in [-0.25, -0.2) is 0 Å². The van der Waals surface area contributed by atoms with Crippen LogP contribution in [0.25, 0.3) is 0 Å². The maximum absolute atomic E-state index is 12.2. The first-order valence-electron chi connectivity index (χ1n) is 7.91. The first-order chi connectivity index (χ1) is 11.1. The molecule has 1 aliphatic rings. The van der Waals surface area contributed by atoms with Crippen molar-refractivity contribution in [2.24, 2.45) is 5.73 Å². The van der Waals surface area contributed by atoms with Crippen LogP contribution in [-0.2, 0) is 24.1 Å². The summed E-state index contributed by atoms with van der Waals surface area (Å²) < 4.78 is 0. The van der Waals surface area contributed by atoms with Gasteiger partial charge in [0.2, 0.25) is 5.91 Å². The zero-order chi connectivity index (χ0) is 16.2. The molecule has 6 heteroatoms. The fourth-order valence-corrected chi connectivity index (χ4v) is 4.99. The number of carbonyl (C=O) groups excluding carboxylic acids is 2. The molecule has 0 aromatic carbocycles. The molecule has 0 saturated carbocycles. The standard InChI is InChI=1S/C17H20N2O2S2/c18-16(21)15-12-6-2-1-3-7-13(12)23-17(15)19-14(20)9-8-11-5-4-10-22-11/h4-5,10H,1-3,6-9H2,(H2,18,21)(H,19,20). The largest absolute Gasteiger partial charge is 0.365 e. The summed E-state index contributed by atoms with van der Waals surface area (Å²) in [5.41, 5.74) is 7.18. The minimum absolute atomic E-state index is 0.0580. The van der Waals surface area contributed by atoms with E-state index in [1.165, 1.54) is 27.5 Å². The van der Waals surface area contributed by atoms with E-state index in [2.05, 4.69) is 5.32 Å². The summed E-state index contributed by atoms with van der Waals surface area (Å²) in [5.74, 6) is -0.490. The van der Waals surface area contributed by atoms with Crippen molar-refractivity contribution >= 4 is 39.5 Å². The molecule has 0 radical (unpaired) electrons. The zero-order valence-corrected chi connectivity index (χ0v) is 14.5. The molecule has 3 N–H and O–H groups in total. The van der Waals surface area contributed by atoms with Gasteiger partial charge in [0.25, 0.3) is 5.91 Å². The Labute approximate surface area is 143 Å². The Morgan fingerprint density at radius 2 is 2.04 bits per heavy atom. The van der Waals surface area contributed by atoms with Gasteiger partial charge in [-0.3, -0.25) is 9.59 Å². The van der Waals surface area contributed by atoms with Crippen molar-refractivity contribution in [3.05, 3.63) is 38.4 Å². The average molecular weight is 348 g/mol. The summed E-state index contributed by atoms with van der Waals surface area (Å²) >= 11 is 3.18. The van der Waals surface area contributed by atoms with E-state index in [4.69, 9.17) is 5.73 Å². The first kappa shape index (κ1) is 16.2. The van der Waals surface area contributed by atoms with Crippen molar-refractivity contribution in [1.82, 2.24) is 0 Å². The van der Waals surface area contributed by atoms with Crippen LogP contribution in [0, 0.1) is 0 Å². The van der Waals surface area contributed by atoms with Crippen LogP contribution in [0.4, 0.5) is 5.00 Å². The van der Waals surface area contributed by atoms with Crippen LogP contribution in [-0.4, -0.2) is 11.8 Å². The van der Waals surface area contributed by atoms with Crippen molar-refractivity contribution < 1.29 is 9.59 Å². The number of primary amides is 1. The third kappa shape index (κ3) is 3.82. The normalized spacial score (nSPS) is 14.1. The minimum atomic E-state index is -0.432. The number of fused-ring (bicyclic) bond motifs is 1. The highest BCUT2D eigenvalue weighted by molar-refractivity contribution is 7.17. The van der Waals surface area contributed by atoms with E-state index in [0.29, 0.717) is 17.0 Å². The van der Waals surface area contributed by atoms with Gasteiger partial charge in [-0.05, 0) is 49.1 Å². The molecule has 2 aromatic heterocycles. The number of anilines is 1. The number of nitrogens with two attached hydrogens (primary N) is 1. The van der Waals surface area contributed by atoms with Crippen molar-refractivity contribution in [2.45, 2.75) is 44.9 Å². The number of hydrogen-bond donors (Lipinski definition) is 2. The summed E-state index contributed by atoms with van der Waals surface area (Å²) in [6, 6.07) is 4.01. The minimum Gasteiger partial charge on any atom is -0.365 e. The number of amides is 2. The molecule has 0 spiro atoms. The zero-order valence-electron chi connectivity index (χ0n) is 12.9. The first-order valence-corrected chi connectivity index (χ1v) is 9.61. The van der Waals surface area contributed by atoms with E-state index >= 15 is 0 Å². The molecule has 1 aliphatic carbocycles. The van der Waals surface area contributed by atoms with E-state index in [1.807, 2.05) is 17.5 Å². The smallest absolute Gasteiger partial charge is 0.251 e. The van der Waals surface area contributed by atoms with E-state index in [1.54, 1.807) is 11.3 Å². The lowest BCUT2D eigenvalue weighted by Gasteiger charge is -2.06. The van der Waals surface area contributed by atoms with Gasteiger partial charge in [0.05, 0.1) is 5.56 Å². The van der Waals surface area contributed by atoms with Gasteiger partial charge in [0, 0.05) is 16.2 Å². The Morgan fingerprint density at radius 3 is 2.78 bits per heavy atom. The summed E-state index contributed by atoms with van der Waals surface area (Å²) in [7, 11) is 0. The number of rotatable bonds is 5. The molecular formula is C17H20N2O2S2. The molecule has 2 aromatic rings. The number of hydrogen-bond acceptors (Lipinski definition) is 4. The molecule has 0 bridgehead atoms. The molecule has 0 atom stereocenters. The number of nitrogens with one attached hydrogen (secondary N) is 1. The van der Waals surface area contributed by atoms with Crippen LogP contribution in [0.15, 0.2) is 17.5 Å². The fourth-order valence-electron chi connectivity index (χ4n) is 2.97. The van der Waals surface area contributed by atoms with Gasteiger partial charge < -0.3 is 11.1 Å². The lowest BCUT2D eigenvalue weighted by molar-refractivity contribution is -0.116. The molecule has 0 saturated heterocycles. The van der Waals surface area contributed by atoms with Gasteiger partial charge in [-0.15, -0.1) is 22.7 Å². The second kappa shape index (κ2) is 7.27. The average Bonchev–Trinajstić information content (AvgIpc) is 3.08. The molecule has 2 amide bonds. The van der Waals surface area contributed by atoms with E-state index in [9.17, 15) is 9.59 Å². The summed E-state index contributed by atoms with van der Waals surface area (Å²) in [5, 5.41) is 5.56. The van der Waals surface area contributed by atoms with Crippen molar-refractivity contribution in [1.29, 1.82) is 0 Å². The highest BCUT2D eigenvalue weighted by atomic mass is 32.1. The fraction of sp³-hybridized carbons (Fsp3) is 0.412. The van der Waals surface area contributed by atoms with E-state index in [-0.39, 0.29) is 5.91 Å². The predicted octanol–water partition coefficient (Wildman–Crippen LogP) is 3.75. The molecule has 0 aliphatic heterocycles. The Balaban J connectivity index is 1.74. The van der Waals surface area contributed by atoms with Crippen LogP contribution in [0.2, 0.25) is 0 Å². The Hall–Kier alpha value is -1.66. The molecule has 0 fully saturated rings. The third-order valence-electron chi connectivity index (χ3n) is 4.10. The van der Waals surface area contributed by atoms with Crippen LogP contribution in [0.5, 0.6) is 0 Å². The van der Waals surface area contributed by atoms with Gasteiger partial charge in [-0.2, -0.15) is 0 Å². The lowest BCUT2D eigenvalue weighted by Crippen LogP contribution is -2.18. The Morgan fingerprint density at radius 1 is 1.22 bits per heavy atom. The SMILES string of the molecule is NC(=O)c1c(NC(=O)CCc2cccs2)sc2c1CCCCC2. The quantitative estimate of drug-likeness (QED) is 0.808. The topological polar surface area (TPSA) is 72.2 Å².